The Morgan fingerprint density at radius 2 is 1.76 bits per heavy atom. The van der Waals surface area contributed by atoms with E-state index in [4.69, 9.17) is 9.47 Å². The molecule has 2 fully saturated rings. The Bertz CT molecular complexity index is 977. The van der Waals surface area contributed by atoms with Crippen molar-refractivity contribution >= 4 is 46.0 Å². The predicted octanol–water partition coefficient (Wildman–Crippen LogP) is 2.32. The molecule has 1 saturated carbocycles. The molecule has 0 unspecified atom stereocenters. The Morgan fingerprint density at radius 1 is 1.09 bits per heavy atom. The third kappa shape index (κ3) is 4.66. The first-order chi connectivity index (χ1) is 15.8. The minimum absolute atomic E-state index is 0.327. The van der Waals surface area contributed by atoms with E-state index in [0.29, 0.717) is 29.3 Å². The Morgan fingerprint density at radius 3 is 2.39 bits per heavy atom. The summed E-state index contributed by atoms with van der Waals surface area (Å²) >= 11 is 1.34. The molecule has 3 atom stereocenters. The Hall–Kier alpha value is -2.75. The Kier molecular flexibility index (Phi) is 6.83. The summed E-state index contributed by atoms with van der Waals surface area (Å²) in [5.41, 5.74) is 1.27. The highest BCUT2D eigenvalue weighted by Crippen LogP contribution is 2.40. The summed E-state index contributed by atoms with van der Waals surface area (Å²) in [5, 5.41) is 3.04. The zero-order chi connectivity index (χ0) is 23.7. The van der Waals surface area contributed by atoms with Gasteiger partial charge in [-0.2, -0.15) is 0 Å². The molecule has 2 aliphatic carbocycles. The molecule has 0 spiro atoms. The second kappa shape index (κ2) is 9.62. The van der Waals surface area contributed by atoms with Crippen LogP contribution in [0.1, 0.15) is 59.8 Å². The van der Waals surface area contributed by atoms with Gasteiger partial charge in [0.05, 0.1) is 24.5 Å². The number of rotatable bonds is 6. The minimum atomic E-state index is -0.821. The summed E-state index contributed by atoms with van der Waals surface area (Å²) in [6.45, 7) is 1.07. The van der Waals surface area contributed by atoms with Crippen molar-refractivity contribution in [3.8, 4) is 0 Å². The molecule has 3 aliphatic rings. The van der Waals surface area contributed by atoms with Gasteiger partial charge < -0.3 is 14.8 Å². The van der Waals surface area contributed by atoms with Crippen LogP contribution in [0.5, 0.6) is 0 Å². The van der Waals surface area contributed by atoms with E-state index < -0.39 is 31.0 Å². The zero-order valence-corrected chi connectivity index (χ0v) is 19.6. The average molecular weight is 477 g/mol. The van der Waals surface area contributed by atoms with Crippen molar-refractivity contribution in [1.82, 2.24) is 4.90 Å². The number of likely N-dealkylation sites (tertiary alicyclic amines) is 1. The molecule has 3 amide bonds. The molecule has 33 heavy (non-hydrogen) atoms. The summed E-state index contributed by atoms with van der Waals surface area (Å²) in [6, 6.07) is 0. The molecular formula is C23H28N2O7S. The number of carbonyl (C=O) groups excluding carboxylic acids is 5. The van der Waals surface area contributed by atoms with Crippen molar-refractivity contribution in [3.63, 3.8) is 0 Å². The summed E-state index contributed by atoms with van der Waals surface area (Å²) in [4.78, 5) is 64.0. The van der Waals surface area contributed by atoms with Crippen molar-refractivity contribution in [2.45, 2.75) is 51.9 Å². The van der Waals surface area contributed by atoms with Crippen LogP contribution in [-0.2, 0) is 41.5 Å². The number of ether oxygens (including phenoxy) is 2. The van der Waals surface area contributed by atoms with E-state index in [1.165, 1.54) is 18.4 Å². The van der Waals surface area contributed by atoms with Crippen LogP contribution in [0, 0.1) is 17.8 Å². The molecule has 0 radical (unpaired) electrons. The number of nitrogens with zero attached hydrogens (tertiary/aromatic N) is 1. The van der Waals surface area contributed by atoms with E-state index in [-0.39, 0.29) is 23.7 Å². The number of hydrogen-bond donors (Lipinski definition) is 1. The van der Waals surface area contributed by atoms with Crippen LogP contribution in [0.25, 0.3) is 0 Å². The van der Waals surface area contributed by atoms with Crippen LogP contribution < -0.4 is 5.32 Å². The van der Waals surface area contributed by atoms with Gasteiger partial charge in [-0.15, -0.1) is 11.3 Å². The fraction of sp³-hybridized carbons (Fsp3) is 0.609. The third-order valence-corrected chi connectivity index (χ3v) is 7.91. The first-order valence-electron chi connectivity index (χ1n) is 11.3. The van der Waals surface area contributed by atoms with Gasteiger partial charge in [0.1, 0.15) is 11.5 Å². The topological polar surface area (TPSA) is 119 Å². The van der Waals surface area contributed by atoms with Crippen LogP contribution >= 0.6 is 11.3 Å². The zero-order valence-electron chi connectivity index (χ0n) is 18.8. The maximum Gasteiger partial charge on any atom is 0.341 e. The number of fused-ring (bicyclic) bond motifs is 2. The van der Waals surface area contributed by atoms with E-state index >= 15 is 0 Å². The maximum atomic E-state index is 12.5. The average Bonchev–Trinajstić information content (AvgIpc) is 3.27. The first-order valence-corrected chi connectivity index (χ1v) is 12.1. The number of anilines is 1. The van der Waals surface area contributed by atoms with Crippen molar-refractivity contribution in [2.75, 3.05) is 25.6 Å². The van der Waals surface area contributed by atoms with E-state index in [9.17, 15) is 24.0 Å². The van der Waals surface area contributed by atoms with Gasteiger partial charge in [0, 0.05) is 4.88 Å². The van der Waals surface area contributed by atoms with Gasteiger partial charge in [0.2, 0.25) is 11.8 Å². The molecule has 1 aromatic heterocycles. The van der Waals surface area contributed by atoms with E-state index in [2.05, 4.69) is 12.2 Å². The molecular weight excluding hydrogens is 448 g/mol. The van der Waals surface area contributed by atoms with Crippen LogP contribution in [-0.4, -0.2) is 54.8 Å². The number of nitrogens with one attached hydrogen (secondary N) is 1. The number of carbonyl (C=O) groups is 5. The summed E-state index contributed by atoms with van der Waals surface area (Å²) in [6.07, 6.45) is 5.64. The summed E-state index contributed by atoms with van der Waals surface area (Å²) < 4.78 is 9.93. The van der Waals surface area contributed by atoms with Crippen LogP contribution in [0.4, 0.5) is 5.00 Å². The van der Waals surface area contributed by atoms with E-state index in [1.54, 1.807) is 0 Å². The molecule has 0 bridgehead atoms. The lowest BCUT2D eigenvalue weighted by molar-refractivity contribution is -0.154. The fourth-order valence-corrected chi connectivity index (χ4v) is 6.44. The molecule has 0 aromatic carbocycles. The number of imide groups is 1. The summed E-state index contributed by atoms with van der Waals surface area (Å²) in [7, 11) is 1.29. The molecule has 4 rings (SSSR count). The quantitative estimate of drug-likeness (QED) is 0.494. The standard InChI is InChI=1S/C23H28N2O7S/c1-12-7-8-15-16(9-12)33-20(19(15)23(30)31-2)24-17(26)11-32-18(27)10-25-21(28)13-5-3-4-6-14(13)22(25)29/h12-14H,3-11H2,1-2H3,(H,24,26)/t12-,13+,14+/m1/s1. The molecule has 2 heterocycles. The SMILES string of the molecule is COC(=O)c1c(NC(=O)COC(=O)CN2C(=O)[C@H]3CCCC[C@@H]3C2=O)sc2c1CC[C@@H](C)C2. The van der Waals surface area contributed by atoms with Gasteiger partial charge in [0.25, 0.3) is 5.91 Å². The van der Waals surface area contributed by atoms with Crippen LogP contribution in [0.15, 0.2) is 0 Å². The molecule has 178 valence electrons. The van der Waals surface area contributed by atoms with Crippen molar-refractivity contribution < 1.29 is 33.4 Å². The van der Waals surface area contributed by atoms with E-state index in [1.807, 2.05) is 0 Å². The normalized spacial score (nSPS) is 24.2. The van der Waals surface area contributed by atoms with Crippen molar-refractivity contribution in [1.29, 1.82) is 0 Å². The molecule has 9 nitrogen and oxygen atoms in total. The monoisotopic (exact) mass is 476 g/mol. The van der Waals surface area contributed by atoms with Gasteiger partial charge >= 0.3 is 11.9 Å². The molecule has 1 aromatic rings. The fourth-order valence-electron chi connectivity index (χ4n) is 5.03. The van der Waals surface area contributed by atoms with Crippen molar-refractivity contribution in [2.24, 2.45) is 17.8 Å². The lowest BCUT2D eigenvalue weighted by Crippen LogP contribution is -2.37. The highest BCUT2D eigenvalue weighted by molar-refractivity contribution is 7.17. The van der Waals surface area contributed by atoms with Gasteiger partial charge in [-0.3, -0.25) is 24.1 Å². The summed E-state index contributed by atoms with van der Waals surface area (Å²) in [5.74, 6) is -2.78. The van der Waals surface area contributed by atoms with Crippen LogP contribution in [0.3, 0.4) is 0 Å². The number of thiophene rings is 1. The van der Waals surface area contributed by atoms with Crippen LogP contribution in [0.2, 0.25) is 0 Å². The van der Waals surface area contributed by atoms with Crippen molar-refractivity contribution in [3.05, 3.63) is 16.0 Å². The van der Waals surface area contributed by atoms with E-state index in [0.717, 1.165) is 47.4 Å². The van der Waals surface area contributed by atoms with Gasteiger partial charge in [0.15, 0.2) is 6.61 Å². The smallest absolute Gasteiger partial charge is 0.341 e. The molecule has 1 N–H and O–H groups in total. The number of methoxy groups -OCH3 is 1. The Labute approximate surface area is 195 Å². The highest BCUT2D eigenvalue weighted by Gasteiger charge is 2.48. The number of esters is 2. The highest BCUT2D eigenvalue weighted by atomic mass is 32.1. The van der Waals surface area contributed by atoms with Gasteiger partial charge in [-0.25, -0.2) is 4.79 Å². The van der Waals surface area contributed by atoms with Gasteiger partial charge in [-0.05, 0) is 43.6 Å². The largest absolute Gasteiger partial charge is 0.465 e. The predicted molar refractivity (Wildman–Crippen MR) is 119 cm³/mol. The minimum Gasteiger partial charge on any atom is -0.465 e. The molecule has 10 heteroatoms. The maximum absolute atomic E-state index is 12.5. The lowest BCUT2D eigenvalue weighted by Gasteiger charge is -2.19. The number of amides is 3. The second-order valence-electron chi connectivity index (χ2n) is 9.02. The van der Waals surface area contributed by atoms with Gasteiger partial charge in [-0.1, -0.05) is 19.8 Å². The molecule has 1 saturated heterocycles. The number of hydrogen-bond acceptors (Lipinski definition) is 8. The Balaban J connectivity index is 1.35. The third-order valence-electron chi connectivity index (χ3n) is 6.74. The first kappa shape index (κ1) is 23.4. The molecule has 1 aliphatic heterocycles. The second-order valence-corrected chi connectivity index (χ2v) is 10.1. The lowest BCUT2D eigenvalue weighted by atomic mass is 9.81.